The highest BCUT2D eigenvalue weighted by Gasteiger charge is 2.28. The minimum atomic E-state index is -3.97. The average Bonchev–Trinajstić information content (AvgIpc) is 2.80. The van der Waals surface area contributed by atoms with E-state index in [0.29, 0.717) is 33.6 Å². The Labute approximate surface area is 209 Å². The van der Waals surface area contributed by atoms with Crippen molar-refractivity contribution in [3.63, 3.8) is 0 Å². The lowest BCUT2D eigenvalue weighted by Gasteiger charge is -2.25. The van der Waals surface area contributed by atoms with Gasteiger partial charge >= 0.3 is 0 Å². The van der Waals surface area contributed by atoms with Gasteiger partial charge in [-0.3, -0.25) is 9.10 Å². The molecule has 0 unspecified atom stereocenters. The minimum absolute atomic E-state index is 0.107. The second-order valence-electron chi connectivity index (χ2n) is 7.28. The summed E-state index contributed by atoms with van der Waals surface area (Å²) >= 11 is 13.7. The zero-order valence-electron chi connectivity index (χ0n) is 18.0. The third-order valence-corrected chi connectivity index (χ3v) is 8.10. The number of anilines is 1. The van der Waals surface area contributed by atoms with Crippen molar-refractivity contribution in [2.75, 3.05) is 23.1 Å². The van der Waals surface area contributed by atoms with Crippen LogP contribution in [0, 0.1) is 6.92 Å². The smallest absolute Gasteiger partial charge is 0.264 e. The van der Waals surface area contributed by atoms with E-state index >= 15 is 0 Å². The van der Waals surface area contributed by atoms with E-state index in [1.54, 1.807) is 55.1 Å². The van der Waals surface area contributed by atoms with Gasteiger partial charge in [0.2, 0.25) is 5.91 Å². The maximum Gasteiger partial charge on any atom is 0.264 e. The van der Waals surface area contributed by atoms with Gasteiger partial charge in [-0.2, -0.15) is 11.8 Å². The minimum Gasteiger partial charge on any atom is -0.354 e. The number of hydrogen-bond donors (Lipinski definition) is 1. The Bertz CT molecular complexity index is 1190. The SMILES string of the molecule is Cc1ccc(Cl)cc1N(CC(=O)NCCSCc1ccc(Cl)cc1)S(=O)(=O)c1ccccc1. The fourth-order valence-corrected chi connectivity index (χ4v) is 5.70. The van der Waals surface area contributed by atoms with Gasteiger partial charge in [0.15, 0.2) is 0 Å². The normalized spacial score (nSPS) is 11.2. The summed E-state index contributed by atoms with van der Waals surface area (Å²) < 4.78 is 27.9. The summed E-state index contributed by atoms with van der Waals surface area (Å²) in [5, 5.41) is 3.90. The molecule has 0 aromatic heterocycles. The number of rotatable bonds is 10. The molecule has 174 valence electrons. The summed E-state index contributed by atoms with van der Waals surface area (Å²) in [6, 6.07) is 20.7. The van der Waals surface area contributed by atoms with Gasteiger partial charge in [0.05, 0.1) is 10.6 Å². The monoisotopic (exact) mass is 522 g/mol. The molecule has 0 heterocycles. The van der Waals surface area contributed by atoms with Crippen molar-refractivity contribution in [1.29, 1.82) is 0 Å². The Morgan fingerprint density at radius 3 is 2.33 bits per heavy atom. The highest BCUT2D eigenvalue weighted by Crippen LogP contribution is 2.29. The van der Waals surface area contributed by atoms with Gasteiger partial charge < -0.3 is 5.32 Å². The van der Waals surface area contributed by atoms with Crippen LogP contribution in [0.4, 0.5) is 5.69 Å². The lowest BCUT2D eigenvalue weighted by Crippen LogP contribution is -2.41. The van der Waals surface area contributed by atoms with Crippen LogP contribution in [0.2, 0.25) is 10.0 Å². The van der Waals surface area contributed by atoms with Gasteiger partial charge in [-0.1, -0.05) is 59.6 Å². The van der Waals surface area contributed by atoms with E-state index in [1.165, 1.54) is 12.1 Å². The molecule has 0 aliphatic heterocycles. The second-order valence-corrected chi connectivity index (χ2v) is 11.1. The predicted molar refractivity (Wildman–Crippen MR) is 138 cm³/mol. The van der Waals surface area contributed by atoms with Gasteiger partial charge in [-0.15, -0.1) is 0 Å². The molecule has 0 saturated heterocycles. The van der Waals surface area contributed by atoms with Crippen LogP contribution < -0.4 is 9.62 Å². The summed E-state index contributed by atoms with van der Waals surface area (Å²) in [5.74, 6) is 1.10. The summed E-state index contributed by atoms with van der Waals surface area (Å²) in [7, 11) is -3.97. The fourth-order valence-electron chi connectivity index (χ4n) is 3.09. The molecule has 3 aromatic rings. The molecular formula is C24H24Cl2N2O3S2. The van der Waals surface area contributed by atoms with Gasteiger partial charge in [-0.05, 0) is 54.4 Å². The molecule has 3 aromatic carbocycles. The molecule has 0 fully saturated rings. The standard InChI is InChI=1S/C24H24Cl2N2O3S2/c1-18-7-10-21(26)15-23(18)28(33(30,31)22-5-3-2-4-6-22)16-24(29)27-13-14-32-17-19-8-11-20(25)12-9-19/h2-12,15H,13-14,16-17H2,1H3,(H,27,29). The summed E-state index contributed by atoms with van der Waals surface area (Å²) in [6.45, 7) is 1.86. The van der Waals surface area contributed by atoms with Gasteiger partial charge in [0, 0.05) is 28.1 Å². The van der Waals surface area contributed by atoms with E-state index in [2.05, 4.69) is 5.32 Å². The van der Waals surface area contributed by atoms with Gasteiger partial charge in [-0.25, -0.2) is 8.42 Å². The second kappa shape index (κ2) is 11.8. The molecule has 5 nitrogen and oxygen atoms in total. The molecule has 0 aliphatic carbocycles. The average molecular weight is 524 g/mol. The van der Waals surface area contributed by atoms with Crippen LogP contribution in [0.5, 0.6) is 0 Å². The van der Waals surface area contributed by atoms with Crippen LogP contribution in [-0.4, -0.2) is 33.2 Å². The molecule has 1 amide bonds. The topological polar surface area (TPSA) is 66.5 Å². The third kappa shape index (κ3) is 7.14. The van der Waals surface area contributed by atoms with Crippen molar-refractivity contribution in [2.45, 2.75) is 17.6 Å². The molecule has 0 spiro atoms. The summed E-state index contributed by atoms with van der Waals surface area (Å²) in [4.78, 5) is 12.8. The van der Waals surface area contributed by atoms with Crippen LogP contribution in [0.3, 0.4) is 0 Å². The van der Waals surface area contributed by atoms with Crippen LogP contribution in [0.25, 0.3) is 0 Å². The predicted octanol–water partition coefficient (Wildman–Crippen LogP) is 5.55. The first-order chi connectivity index (χ1) is 15.8. The van der Waals surface area contributed by atoms with Crippen molar-refractivity contribution in [3.8, 4) is 0 Å². The Morgan fingerprint density at radius 1 is 0.970 bits per heavy atom. The maximum absolute atomic E-state index is 13.4. The van der Waals surface area contributed by atoms with Crippen molar-refractivity contribution in [1.82, 2.24) is 5.32 Å². The Hall–Kier alpha value is -2.19. The van der Waals surface area contributed by atoms with E-state index in [-0.39, 0.29) is 17.3 Å². The number of carbonyl (C=O) groups excluding carboxylic acids is 1. The highest BCUT2D eigenvalue weighted by molar-refractivity contribution is 7.98. The quantitative estimate of drug-likeness (QED) is 0.354. The number of amides is 1. The molecule has 0 radical (unpaired) electrons. The number of halogens is 2. The highest BCUT2D eigenvalue weighted by atomic mass is 35.5. The van der Waals surface area contributed by atoms with Crippen molar-refractivity contribution in [3.05, 3.63) is 94.0 Å². The lowest BCUT2D eigenvalue weighted by atomic mass is 10.2. The van der Waals surface area contributed by atoms with Crippen molar-refractivity contribution in [2.24, 2.45) is 0 Å². The molecule has 3 rings (SSSR count). The zero-order chi connectivity index (χ0) is 23.8. The number of hydrogen-bond acceptors (Lipinski definition) is 4. The number of benzene rings is 3. The first-order valence-corrected chi connectivity index (χ1v) is 13.6. The van der Waals surface area contributed by atoms with E-state index < -0.39 is 10.0 Å². The summed E-state index contributed by atoms with van der Waals surface area (Å²) in [5.41, 5.74) is 2.22. The Balaban J connectivity index is 1.66. The molecule has 0 bridgehead atoms. The van der Waals surface area contributed by atoms with Crippen LogP contribution in [0.1, 0.15) is 11.1 Å². The molecular weight excluding hydrogens is 499 g/mol. The summed E-state index contributed by atoms with van der Waals surface area (Å²) in [6.07, 6.45) is 0. The van der Waals surface area contributed by atoms with Crippen molar-refractivity contribution >= 4 is 56.6 Å². The lowest BCUT2D eigenvalue weighted by molar-refractivity contribution is -0.119. The number of nitrogens with zero attached hydrogens (tertiary/aromatic N) is 1. The maximum atomic E-state index is 13.4. The van der Waals surface area contributed by atoms with E-state index in [1.807, 2.05) is 24.3 Å². The number of nitrogens with one attached hydrogen (secondary N) is 1. The number of thioether (sulfide) groups is 1. The first kappa shape index (κ1) is 25.4. The van der Waals surface area contributed by atoms with Crippen LogP contribution in [0.15, 0.2) is 77.7 Å². The largest absolute Gasteiger partial charge is 0.354 e. The molecule has 0 saturated carbocycles. The Kier molecular flexibility index (Phi) is 9.09. The van der Waals surface area contributed by atoms with E-state index in [9.17, 15) is 13.2 Å². The van der Waals surface area contributed by atoms with Gasteiger partial charge in [0.1, 0.15) is 6.54 Å². The van der Waals surface area contributed by atoms with Crippen molar-refractivity contribution < 1.29 is 13.2 Å². The zero-order valence-corrected chi connectivity index (χ0v) is 21.1. The fraction of sp³-hybridized carbons (Fsp3) is 0.208. The molecule has 9 heteroatoms. The molecule has 1 N–H and O–H groups in total. The Morgan fingerprint density at radius 2 is 1.64 bits per heavy atom. The number of carbonyl (C=O) groups is 1. The van der Waals surface area contributed by atoms with E-state index in [0.717, 1.165) is 15.6 Å². The van der Waals surface area contributed by atoms with Crippen LogP contribution >= 0.6 is 35.0 Å². The van der Waals surface area contributed by atoms with Gasteiger partial charge in [0.25, 0.3) is 10.0 Å². The molecule has 0 atom stereocenters. The molecule has 33 heavy (non-hydrogen) atoms. The van der Waals surface area contributed by atoms with E-state index in [4.69, 9.17) is 23.2 Å². The number of aryl methyl sites for hydroxylation is 1. The first-order valence-electron chi connectivity index (χ1n) is 10.2. The van der Waals surface area contributed by atoms with Crippen LogP contribution in [-0.2, 0) is 20.6 Å². The number of sulfonamides is 1. The third-order valence-electron chi connectivity index (χ3n) is 4.81. The molecule has 0 aliphatic rings.